The van der Waals surface area contributed by atoms with Gasteiger partial charge in [0.2, 0.25) is 0 Å². The van der Waals surface area contributed by atoms with Gasteiger partial charge in [0.15, 0.2) is 0 Å². The Bertz CT molecular complexity index is 836. The van der Waals surface area contributed by atoms with E-state index in [9.17, 15) is 0 Å². The van der Waals surface area contributed by atoms with Gasteiger partial charge in [-0.05, 0) is 54.2 Å². The van der Waals surface area contributed by atoms with Crippen LogP contribution in [0.5, 0.6) is 11.5 Å². The van der Waals surface area contributed by atoms with Crippen LogP contribution in [0.1, 0.15) is 54.7 Å². The Morgan fingerprint density at radius 1 is 0.893 bits per heavy atom. The van der Waals surface area contributed by atoms with Crippen LogP contribution in [-0.2, 0) is 22.3 Å². The molecule has 1 saturated carbocycles. The van der Waals surface area contributed by atoms with Gasteiger partial charge in [-0.25, -0.2) is 0 Å². The molecule has 148 valence electrons. The average molecular weight is 380 g/mol. The Labute approximate surface area is 167 Å². The Balaban J connectivity index is 1.42. The zero-order valence-corrected chi connectivity index (χ0v) is 16.4. The highest BCUT2D eigenvalue weighted by atomic mass is 16.6. The summed E-state index contributed by atoms with van der Waals surface area (Å²) in [5.41, 5.74) is 10.9. The van der Waals surface area contributed by atoms with E-state index in [0.717, 1.165) is 43.2 Å². The number of ether oxygens (including phenoxy) is 3. The largest absolute Gasteiger partial charge is 0.457 e. The van der Waals surface area contributed by atoms with Gasteiger partial charge in [0.25, 0.3) is 0 Å². The first kappa shape index (κ1) is 18.0. The van der Waals surface area contributed by atoms with Crippen molar-refractivity contribution in [2.45, 2.75) is 63.1 Å². The Kier molecular flexibility index (Phi) is 5.00. The highest BCUT2D eigenvalue weighted by Gasteiger charge is 2.30. The van der Waals surface area contributed by atoms with Crippen molar-refractivity contribution < 1.29 is 14.2 Å². The van der Waals surface area contributed by atoms with Crippen molar-refractivity contribution >= 4 is 5.69 Å². The molecule has 0 bridgehead atoms. The van der Waals surface area contributed by atoms with Crippen LogP contribution in [0.25, 0.3) is 0 Å². The van der Waals surface area contributed by atoms with E-state index in [1.807, 2.05) is 12.1 Å². The Morgan fingerprint density at radius 3 is 2.32 bits per heavy atom. The topological polar surface area (TPSA) is 60.3 Å². The Morgan fingerprint density at radius 2 is 1.61 bits per heavy atom. The summed E-state index contributed by atoms with van der Waals surface area (Å²) in [6.45, 7) is 1.65. The average Bonchev–Trinajstić information content (AvgIpc) is 3.64. The molecule has 2 N–H and O–H groups in total. The molecule has 4 heteroatoms. The first-order chi connectivity index (χ1) is 13.8. The van der Waals surface area contributed by atoms with Crippen LogP contribution in [0.4, 0.5) is 5.69 Å². The van der Waals surface area contributed by atoms with Crippen molar-refractivity contribution in [3.05, 3.63) is 53.1 Å². The van der Waals surface area contributed by atoms with Crippen molar-refractivity contribution in [1.29, 1.82) is 0 Å². The Hall–Kier alpha value is -2.04. The summed E-state index contributed by atoms with van der Waals surface area (Å²) in [5, 5.41) is 0. The van der Waals surface area contributed by atoms with Crippen LogP contribution < -0.4 is 10.5 Å². The highest BCUT2D eigenvalue weighted by Crippen LogP contribution is 2.38. The lowest BCUT2D eigenvalue weighted by atomic mass is 9.84. The molecule has 2 aliphatic heterocycles. The SMILES string of the molecule is Nc1ccc(Oc2cccc(C3CCCCC3)c2)c(CC2CO2)c1CC1CO1. The maximum atomic E-state index is 6.42. The zero-order valence-electron chi connectivity index (χ0n) is 16.4. The minimum absolute atomic E-state index is 0.289. The lowest BCUT2D eigenvalue weighted by Gasteiger charge is -2.22. The number of hydrogen-bond acceptors (Lipinski definition) is 4. The van der Waals surface area contributed by atoms with Crippen molar-refractivity contribution in [3.63, 3.8) is 0 Å². The quantitative estimate of drug-likeness (QED) is 0.544. The molecule has 5 rings (SSSR count). The molecular formula is C24H29NO3. The van der Waals surface area contributed by atoms with Crippen molar-refractivity contribution in [2.24, 2.45) is 0 Å². The fourth-order valence-electron chi connectivity index (χ4n) is 4.47. The predicted octanol–water partition coefficient (Wildman–Crippen LogP) is 4.99. The third-order valence-corrected chi connectivity index (χ3v) is 6.26. The number of benzene rings is 2. The predicted molar refractivity (Wildman–Crippen MR) is 110 cm³/mol. The normalized spacial score (nSPS) is 24.1. The molecule has 4 nitrogen and oxygen atoms in total. The molecule has 0 aromatic heterocycles. The van der Waals surface area contributed by atoms with Gasteiger partial charge in [-0.1, -0.05) is 31.4 Å². The van der Waals surface area contributed by atoms with Crippen molar-refractivity contribution in [2.75, 3.05) is 18.9 Å². The summed E-state index contributed by atoms with van der Waals surface area (Å²) < 4.78 is 17.4. The number of epoxide rings is 2. The second-order valence-corrected chi connectivity index (χ2v) is 8.44. The number of hydrogen-bond donors (Lipinski definition) is 1. The summed E-state index contributed by atoms with van der Waals surface area (Å²) in [7, 11) is 0. The third-order valence-electron chi connectivity index (χ3n) is 6.26. The molecule has 1 aliphatic carbocycles. The molecular weight excluding hydrogens is 350 g/mol. The summed E-state index contributed by atoms with van der Waals surface area (Å²) in [4.78, 5) is 0. The van der Waals surface area contributed by atoms with E-state index in [4.69, 9.17) is 19.9 Å². The number of rotatable bonds is 7. The van der Waals surface area contributed by atoms with E-state index in [0.29, 0.717) is 12.0 Å². The second kappa shape index (κ2) is 7.76. The molecule has 0 radical (unpaired) electrons. The van der Waals surface area contributed by atoms with Gasteiger partial charge in [-0.15, -0.1) is 0 Å². The minimum atomic E-state index is 0.289. The first-order valence-corrected chi connectivity index (χ1v) is 10.7. The molecule has 3 fully saturated rings. The van der Waals surface area contributed by atoms with E-state index in [-0.39, 0.29) is 6.10 Å². The summed E-state index contributed by atoms with van der Waals surface area (Å²) in [6.07, 6.45) is 8.93. The standard InChI is InChI=1S/C24H29NO3/c25-23-9-10-24(22(13-20-15-27-20)21(23)12-19-14-26-19)28-18-8-4-7-17(11-18)16-5-2-1-3-6-16/h4,7-11,16,19-20H,1-3,5-6,12-15,25H2. The van der Waals surface area contributed by atoms with Crippen LogP contribution in [0.15, 0.2) is 36.4 Å². The maximum absolute atomic E-state index is 6.42. The summed E-state index contributed by atoms with van der Waals surface area (Å²) >= 11 is 0. The maximum Gasteiger partial charge on any atom is 0.131 e. The molecule has 2 unspecified atom stereocenters. The molecule has 2 heterocycles. The van der Waals surface area contributed by atoms with Gasteiger partial charge in [-0.2, -0.15) is 0 Å². The number of nitrogen functional groups attached to an aromatic ring is 1. The molecule has 0 spiro atoms. The summed E-state index contributed by atoms with van der Waals surface area (Å²) in [6, 6.07) is 12.6. The smallest absolute Gasteiger partial charge is 0.131 e. The highest BCUT2D eigenvalue weighted by molar-refractivity contribution is 5.58. The molecule has 2 aromatic carbocycles. The fourth-order valence-corrected chi connectivity index (χ4v) is 4.47. The fraction of sp³-hybridized carbons (Fsp3) is 0.500. The molecule has 2 saturated heterocycles. The van der Waals surface area contributed by atoms with Crippen LogP contribution >= 0.6 is 0 Å². The van der Waals surface area contributed by atoms with Gasteiger partial charge in [0.1, 0.15) is 11.5 Å². The van der Waals surface area contributed by atoms with E-state index in [1.54, 1.807) is 0 Å². The second-order valence-electron chi connectivity index (χ2n) is 8.44. The minimum Gasteiger partial charge on any atom is -0.457 e. The van der Waals surface area contributed by atoms with E-state index in [2.05, 4.69) is 24.3 Å². The number of nitrogens with two attached hydrogens (primary N) is 1. The number of anilines is 1. The van der Waals surface area contributed by atoms with Gasteiger partial charge >= 0.3 is 0 Å². The first-order valence-electron chi connectivity index (χ1n) is 10.7. The summed E-state index contributed by atoms with van der Waals surface area (Å²) in [5.74, 6) is 2.49. The van der Waals surface area contributed by atoms with Gasteiger partial charge < -0.3 is 19.9 Å². The van der Waals surface area contributed by atoms with Gasteiger partial charge in [0.05, 0.1) is 25.4 Å². The molecule has 28 heavy (non-hydrogen) atoms. The third kappa shape index (κ3) is 4.18. The van der Waals surface area contributed by atoms with E-state index < -0.39 is 0 Å². The van der Waals surface area contributed by atoms with Crippen molar-refractivity contribution in [3.8, 4) is 11.5 Å². The zero-order chi connectivity index (χ0) is 18.9. The lowest BCUT2D eigenvalue weighted by molar-refractivity contribution is 0.397. The van der Waals surface area contributed by atoms with Crippen LogP contribution in [0, 0.1) is 0 Å². The van der Waals surface area contributed by atoms with Crippen molar-refractivity contribution in [1.82, 2.24) is 0 Å². The van der Waals surface area contributed by atoms with E-state index in [1.165, 1.54) is 48.8 Å². The molecule has 2 aromatic rings. The van der Waals surface area contributed by atoms with Crippen LogP contribution in [0.2, 0.25) is 0 Å². The van der Waals surface area contributed by atoms with Crippen LogP contribution in [-0.4, -0.2) is 25.4 Å². The van der Waals surface area contributed by atoms with Gasteiger partial charge in [-0.3, -0.25) is 0 Å². The van der Waals surface area contributed by atoms with Gasteiger partial charge in [0, 0.05) is 24.1 Å². The molecule has 0 amide bonds. The molecule has 3 aliphatic rings. The van der Waals surface area contributed by atoms with Crippen LogP contribution in [0.3, 0.4) is 0 Å². The molecule has 2 atom stereocenters. The lowest BCUT2D eigenvalue weighted by Crippen LogP contribution is -2.08. The monoisotopic (exact) mass is 379 g/mol. The van der Waals surface area contributed by atoms with E-state index >= 15 is 0 Å².